The van der Waals surface area contributed by atoms with Crippen molar-refractivity contribution in [3.8, 4) is 11.5 Å². The van der Waals surface area contributed by atoms with E-state index in [9.17, 15) is 4.79 Å². The van der Waals surface area contributed by atoms with Crippen LogP contribution in [-0.2, 0) is 6.54 Å². The van der Waals surface area contributed by atoms with E-state index >= 15 is 0 Å². The maximum atomic E-state index is 12.1. The topological polar surface area (TPSA) is 73.6 Å². The van der Waals surface area contributed by atoms with Crippen molar-refractivity contribution in [1.29, 1.82) is 0 Å². The summed E-state index contributed by atoms with van der Waals surface area (Å²) in [7, 11) is 3.08. The molecule has 2 rings (SSSR count). The van der Waals surface area contributed by atoms with E-state index < -0.39 is 0 Å². The molecule has 0 spiro atoms. The maximum Gasteiger partial charge on any atom is 0.251 e. The lowest BCUT2D eigenvalue weighted by Crippen LogP contribution is -2.23. The van der Waals surface area contributed by atoms with Gasteiger partial charge in [0.1, 0.15) is 5.76 Å². The van der Waals surface area contributed by atoms with Crippen LogP contribution < -0.4 is 14.8 Å². The lowest BCUT2D eigenvalue weighted by atomic mass is 10.2. The van der Waals surface area contributed by atoms with Crippen LogP contribution in [0.1, 0.15) is 27.7 Å². The van der Waals surface area contributed by atoms with Crippen LogP contribution in [0.4, 0.5) is 0 Å². The first-order valence-corrected chi connectivity index (χ1v) is 6.48. The zero-order chi connectivity index (χ0) is 15.4. The number of rotatable bonds is 5. The fourth-order valence-corrected chi connectivity index (χ4v) is 1.98. The van der Waals surface area contributed by atoms with Crippen molar-refractivity contribution in [3.63, 3.8) is 0 Å². The van der Waals surface area contributed by atoms with Crippen LogP contribution in [0.3, 0.4) is 0 Å². The van der Waals surface area contributed by atoms with Gasteiger partial charge in [-0.2, -0.15) is 0 Å². The van der Waals surface area contributed by atoms with E-state index in [0.29, 0.717) is 35.3 Å². The first kappa shape index (κ1) is 14.9. The van der Waals surface area contributed by atoms with Gasteiger partial charge in [0, 0.05) is 12.5 Å². The summed E-state index contributed by atoms with van der Waals surface area (Å²) in [5, 5.41) is 2.79. The van der Waals surface area contributed by atoms with Crippen molar-refractivity contribution in [3.05, 3.63) is 41.1 Å². The quantitative estimate of drug-likeness (QED) is 0.914. The van der Waals surface area contributed by atoms with E-state index in [0.717, 1.165) is 5.69 Å². The predicted molar refractivity (Wildman–Crippen MR) is 76.7 cm³/mol. The average molecular weight is 290 g/mol. The molecule has 1 amide bonds. The van der Waals surface area contributed by atoms with Crippen LogP contribution in [0.25, 0.3) is 0 Å². The summed E-state index contributed by atoms with van der Waals surface area (Å²) >= 11 is 0. The van der Waals surface area contributed by atoms with Gasteiger partial charge >= 0.3 is 0 Å². The van der Waals surface area contributed by atoms with Gasteiger partial charge in [0.15, 0.2) is 17.4 Å². The van der Waals surface area contributed by atoms with Crippen molar-refractivity contribution in [2.45, 2.75) is 20.4 Å². The SMILES string of the molecule is COc1ccc(C(=O)NCc2oc(C)nc2C)cc1OC. The van der Waals surface area contributed by atoms with Crippen LogP contribution in [0.5, 0.6) is 11.5 Å². The molecule has 6 nitrogen and oxygen atoms in total. The highest BCUT2D eigenvalue weighted by atomic mass is 16.5. The van der Waals surface area contributed by atoms with E-state index in [1.165, 1.54) is 7.11 Å². The molecule has 0 saturated carbocycles. The van der Waals surface area contributed by atoms with Crippen molar-refractivity contribution >= 4 is 5.91 Å². The summed E-state index contributed by atoms with van der Waals surface area (Å²) in [6, 6.07) is 5.00. The summed E-state index contributed by atoms with van der Waals surface area (Å²) < 4.78 is 15.7. The third-order valence-corrected chi connectivity index (χ3v) is 3.05. The van der Waals surface area contributed by atoms with Crippen LogP contribution in [-0.4, -0.2) is 25.1 Å². The molecule has 0 radical (unpaired) electrons. The molecule has 0 saturated heterocycles. The second-order valence-corrected chi connectivity index (χ2v) is 4.49. The lowest BCUT2D eigenvalue weighted by molar-refractivity contribution is 0.0947. The van der Waals surface area contributed by atoms with E-state index in [1.807, 2.05) is 6.92 Å². The summed E-state index contributed by atoms with van der Waals surface area (Å²) in [5.41, 5.74) is 1.27. The third-order valence-electron chi connectivity index (χ3n) is 3.05. The predicted octanol–water partition coefficient (Wildman–Crippen LogP) is 2.24. The van der Waals surface area contributed by atoms with Gasteiger partial charge in [-0.1, -0.05) is 0 Å². The van der Waals surface area contributed by atoms with Crippen molar-refractivity contribution < 1.29 is 18.7 Å². The Kier molecular flexibility index (Phi) is 4.47. The molecule has 0 atom stereocenters. The molecule has 0 aliphatic rings. The largest absolute Gasteiger partial charge is 0.493 e. The standard InChI is InChI=1S/C15H18N2O4/c1-9-14(21-10(2)17-9)8-16-15(18)11-5-6-12(19-3)13(7-11)20-4/h5-7H,8H2,1-4H3,(H,16,18). The van der Waals surface area contributed by atoms with Gasteiger partial charge in [-0.15, -0.1) is 0 Å². The molecule has 0 aliphatic heterocycles. The number of aryl methyl sites for hydroxylation is 2. The van der Waals surface area contributed by atoms with Gasteiger partial charge in [0.05, 0.1) is 26.5 Å². The molecule has 21 heavy (non-hydrogen) atoms. The number of hydrogen-bond donors (Lipinski definition) is 1. The molecular formula is C15H18N2O4. The Balaban J connectivity index is 2.08. The molecule has 0 aliphatic carbocycles. The van der Waals surface area contributed by atoms with Crippen LogP contribution >= 0.6 is 0 Å². The zero-order valence-electron chi connectivity index (χ0n) is 12.5. The monoisotopic (exact) mass is 290 g/mol. The Morgan fingerprint density at radius 3 is 2.52 bits per heavy atom. The summed E-state index contributed by atoms with van der Waals surface area (Å²) in [5.74, 6) is 2.11. The first-order valence-electron chi connectivity index (χ1n) is 6.48. The van der Waals surface area contributed by atoms with Gasteiger partial charge in [-0.25, -0.2) is 4.98 Å². The molecule has 112 valence electrons. The molecule has 1 aromatic heterocycles. The van der Waals surface area contributed by atoms with E-state index in [2.05, 4.69) is 10.3 Å². The van der Waals surface area contributed by atoms with Gasteiger partial charge in [0.2, 0.25) is 0 Å². The number of carbonyl (C=O) groups excluding carboxylic acids is 1. The molecule has 0 unspecified atom stereocenters. The number of ether oxygens (including phenoxy) is 2. The Labute approximate surface area is 123 Å². The van der Waals surface area contributed by atoms with Gasteiger partial charge in [0.25, 0.3) is 5.91 Å². The van der Waals surface area contributed by atoms with Gasteiger partial charge in [-0.3, -0.25) is 4.79 Å². The maximum absolute atomic E-state index is 12.1. The molecule has 2 aromatic rings. The van der Waals surface area contributed by atoms with E-state index in [4.69, 9.17) is 13.9 Å². The van der Waals surface area contributed by atoms with Crippen LogP contribution in [0.15, 0.2) is 22.6 Å². The fraction of sp³-hybridized carbons (Fsp3) is 0.333. The fourth-order valence-electron chi connectivity index (χ4n) is 1.98. The Morgan fingerprint density at radius 1 is 1.24 bits per heavy atom. The summed E-state index contributed by atoms with van der Waals surface area (Å²) in [6.45, 7) is 3.90. The summed E-state index contributed by atoms with van der Waals surface area (Å²) in [4.78, 5) is 16.3. The Morgan fingerprint density at radius 2 is 1.95 bits per heavy atom. The second kappa shape index (κ2) is 6.30. The number of amides is 1. The highest BCUT2D eigenvalue weighted by molar-refractivity contribution is 5.94. The lowest BCUT2D eigenvalue weighted by Gasteiger charge is -2.09. The number of nitrogens with one attached hydrogen (secondary N) is 1. The van der Waals surface area contributed by atoms with E-state index in [1.54, 1.807) is 32.2 Å². The molecule has 1 aromatic carbocycles. The number of hydrogen-bond acceptors (Lipinski definition) is 5. The van der Waals surface area contributed by atoms with Crippen LogP contribution in [0, 0.1) is 13.8 Å². The highest BCUT2D eigenvalue weighted by Crippen LogP contribution is 2.27. The molecule has 1 N–H and O–H groups in total. The summed E-state index contributed by atoms with van der Waals surface area (Å²) in [6.07, 6.45) is 0. The minimum absolute atomic E-state index is 0.218. The highest BCUT2D eigenvalue weighted by Gasteiger charge is 2.12. The molecule has 1 heterocycles. The van der Waals surface area contributed by atoms with Crippen molar-refractivity contribution in [2.75, 3.05) is 14.2 Å². The number of benzene rings is 1. The minimum Gasteiger partial charge on any atom is -0.493 e. The second-order valence-electron chi connectivity index (χ2n) is 4.49. The van der Waals surface area contributed by atoms with E-state index in [-0.39, 0.29) is 5.91 Å². The molecule has 0 bridgehead atoms. The van der Waals surface area contributed by atoms with Crippen molar-refractivity contribution in [1.82, 2.24) is 10.3 Å². The van der Waals surface area contributed by atoms with Crippen LogP contribution in [0.2, 0.25) is 0 Å². The number of nitrogens with zero attached hydrogens (tertiary/aromatic N) is 1. The number of carbonyl (C=O) groups is 1. The first-order chi connectivity index (χ1) is 10.0. The molecule has 0 fully saturated rings. The Hall–Kier alpha value is -2.50. The van der Waals surface area contributed by atoms with Gasteiger partial charge in [-0.05, 0) is 25.1 Å². The third kappa shape index (κ3) is 3.34. The van der Waals surface area contributed by atoms with Gasteiger partial charge < -0.3 is 19.2 Å². The number of aromatic nitrogens is 1. The van der Waals surface area contributed by atoms with Crippen molar-refractivity contribution in [2.24, 2.45) is 0 Å². The number of methoxy groups -OCH3 is 2. The smallest absolute Gasteiger partial charge is 0.251 e. The molecular weight excluding hydrogens is 272 g/mol. The minimum atomic E-state index is -0.218. The molecule has 6 heteroatoms. The normalized spacial score (nSPS) is 10.3. The zero-order valence-corrected chi connectivity index (χ0v) is 12.5. The number of oxazole rings is 1. The Bertz CT molecular complexity index is 649. The average Bonchev–Trinajstić information content (AvgIpc) is 2.81.